The minimum absolute atomic E-state index is 0.203. The lowest BCUT2D eigenvalue weighted by Gasteiger charge is -2.03. The van der Waals surface area contributed by atoms with Crippen molar-refractivity contribution < 1.29 is 9.21 Å². The van der Waals surface area contributed by atoms with Crippen LogP contribution < -0.4 is 5.32 Å². The lowest BCUT2D eigenvalue weighted by atomic mass is 10.1. The molecular weight excluding hydrogens is 238 g/mol. The molecule has 0 saturated heterocycles. The van der Waals surface area contributed by atoms with Gasteiger partial charge in [-0.25, -0.2) is 0 Å². The molecule has 2 rings (SSSR count). The Labute approximate surface area is 104 Å². The molecule has 0 atom stereocenters. The predicted octanol–water partition coefficient (Wildman–Crippen LogP) is 3.75. The molecule has 0 fully saturated rings. The van der Waals surface area contributed by atoms with Gasteiger partial charge in [-0.05, 0) is 47.9 Å². The Morgan fingerprint density at radius 3 is 2.47 bits per heavy atom. The molecule has 0 bridgehead atoms. The molecule has 3 nitrogen and oxygen atoms in total. The Hall–Kier alpha value is -1.74. The van der Waals surface area contributed by atoms with Crippen molar-refractivity contribution in [2.45, 2.75) is 13.3 Å². The minimum atomic E-state index is -0.304. The van der Waals surface area contributed by atoms with Crippen molar-refractivity contribution in [3.8, 4) is 0 Å². The van der Waals surface area contributed by atoms with Crippen LogP contribution in [0.15, 0.2) is 40.8 Å². The van der Waals surface area contributed by atoms with Gasteiger partial charge in [-0.3, -0.25) is 4.79 Å². The van der Waals surface area contributed by atoms with Crippen molar-refractivity contribution >= 4 is 23.2 Å². The molecule has 4 heteroatoms. The van der Waals surface area contributed by atoms with Crippen molar-refractivity contribution in [3.63, 3.8) is 0 Å². The number of rotatable bonds is 3. The molecule has 1 aromatic carbocycles. The SMILES string of the molecule is CCc1ccc(NC(=O)c2ccc(Cl)o2)cc1. The molecule has 2 aromatic rings. The average molecular weight is 250 g/mol. The van der Waals surface area contributed by atoms with Gasteiger partial charge in [0.1, 0.15) is 0 Å². The summed E-state index contributed by atoms with van der Waals surface area (Å²) < 4.78 is 5.02. The second-order valence-corrected chi connectivity index (χ2v) is 3.98. The van der Waals surface area contributed by atoms with Crippen LogP contribution in [0.2, 0.25) is 5.22 Å². The summed E-state index contributed by atoms with van der Waals surface area (Å²) >= 11 is 5.60. The topological polar surface area (TPSA) is 42.2 Å². The second kappa shape index (κ2) is 5.06. The molecule has 17 heavy (non-hydrogen) atoms. The molecule has 0 radical (unpaired) electrons. The number of furan rings is 1. The fourth-order valence-electron chi connectivity index (χ4n) is 1.45. The van der Waals surface area contributed by atoms with E-state index >= 15 is 0 Å². The highest BCUT2D eigenvalue weighted by atomic mass is 35.5. The molecule has 0 unspecified atom stereocenters. The summed E-state index contributed by atoms with van der Waals surface area (Å²) in [5, 5.41) is 2.94. The molecular formula is C13H12ClNO2. The highest BCUT2D eigenvalue weighted by molar-refractivity contribution is 6.29. The number of amides is 1. The molecule has 1 aromatic heterocycles. The summed E-state index contributed by atoms with van der Waals surface area (Å²) in [6, 6.07) is 10.8. The first-order chi connectivity index (χ1) is 8.19. The lowest BCUT2D eigenvalue weighted by molar-refractivity contribution is 0.0997. The number of hydrogen-bond donors (Lipinski definition) is 1. The predicted molar refractivity (Wildman–Crippen MR) is 67.5 cm³/mol. The number of benzene rings is 1. The van der Waals surface area contributed by atoms with Crippen molar-refractivity contribution in [2.75, 3.05) is 5.32 Å². The molecule has 0 aliphatic carbocycles. The zero-order valence-electron chi connectivity index (χ0n) is 9.37. The maximum absolute atomic E-state index is 11.7. The summed E-state index contributed by atoms with van der Waals surface area (Å²) in [6.45, 7) is 2.08. The number of nitrogens with one attached hydrogen (secondary N) is 1. The van der Waals surface area contributed by atoms with Gasteiger partial charge < -0.3 is 9.73 Å². The van der Waals surface area contributed by atoms with Gasteiger partial charge in [-0.1, -0.05) is 19.1 Å². The molecule has 88 valence electrons. The van der Waals surface area contributed by atoms with Gasteiger partial charge in [0, 0.05) is 5.69 Å². The Morgan fingerprint density at radius 2 is 1.94 bits per heavy atom. The van der Waals surface area contributed by atoms with Gasteiger partial charge in [0.25, 0.3) is 5.91 Å². The zero-order valence-corrected chi connectivity index (χ0v) is 10.1. The molecule has 0 aliphatic heterocycles. The van der Waals surface area contributed by atoms with E-state index < -0.39 is 0 Å². The van der Waals surface area contributed by atoms with Crippen LogP contribution in [0.5, 0.6) is 0 Å². The fraction of sp³-hybridized carbons (Fsp3) is 0.154. The Kier molecular flexibility index (Phi) is 3.49. The highest BCUT2D eigenvalue weighted by Gasteiger charge is 2.10. The number of hydrogen-bond acceptors (Lipinski definition) is 2. The van der Waals surface area contributed by atoms with Crippen LogP contribution in [-0.2, 0) is 6.42 Å². The van der Waals surface area contributed by atoms with E-state index in [-0.39, 0.29) is 16.9 Å². The monoisotopic (exact) mass is 249 g/mol. The summed E-state index contributed by atoms with van der Waals surface area (Å²) in [5.74, 6) is -0.101. The van der Waals surface area contributed by atoms with Crippen molar-refractivity contribution in [1.82, 2.24) is 0 Å². The van der Waals surface area contributed by atoms with E-state index in [1.54, 1.807) is 0 Å². The molecule has 1 amide bonds. The van der Waals surface area contributed by atoms with E-state index in [0.29, 0.717) is 0 Å². The maximum Gasteiger partial charge on any atom is 0.291 e. The number of carbonyl (C=O) groups is 1. The Morgan fingerprint density at radius 1 is 1.24 bits per heavy atom. The molecule has 0 spiro atoms. The number of anilines is 1. The first kappa shape index (κ1) is 11.7. The third-order valence-electron chi connectivity index (χ3n) is 2.42. The zero-order chi connectivity index (χ0) is 12.3. The molecule has 0 saturated carbocycles. The van der Waals surface area contributed by atoms with Gasteiger partial charge in [0.2, 0.25) is 0 Å². The van der Waals surface area contributed by atoms with Crippen LogP contribution in [-0.4, -0.2) is 5.91 Å². The van der Waals surface area contributed by atoms with Gasteiger partial charge >= 0.3 is 0 Å². The number of carbonyl (C=O) groups excluding carboxylic acids is 1. The van der Waals surface area contributed by atoms with Gasteiger partial charge in [-0.15, -0.1) is 0 Å². The van der Waals surface area contributed by atoms with E-state index in [9.17, 15) is 4.79 Å². The summed E-state index contributed by atoms with van der Waals surface area (Å²) in [7, 11) is 0. The highest BCUT2D eigenvalue weighted by Crippen LogP contribution is 2.16. The van der Waals surface area contributed by atoms with E-state index in [4.69, 9.17) is 16.0 Å². The van der Waals surface area contributed by atoms with Crippen LogP contribution in [0.4, 0.5) is 5.69 Å². The quantitative estimate of drug-likeness (QED) is 0.900. The van der Waals surface area contributed by atoms with Gasteiger partial charge in [-0.2, -0.15) is 0 Å². The smallest absolute Gasteiger partial charge is 0.291 e. The van der Waals surface area contributed by atoms with Crippen molar-refractivity contribution in [2.24, 2.45) is 0 Å². The molecule has 1 heterocycles. The van der Waals surface area contributed by atoms with Crippen molar-refractivity contribution in [1.29, 1.82) is 0 Å². The number of aryl methyl sites for hydroxylation is 1. The summed E-state index contributed by atoms with van der Waals surface area (Å²) in [4.78, 5) is 11.7. The van der Waals surface area contributed by atoms with Crippen LogP contribution >= 0.6 is 11.6 Å². The fourth-order valence-corrected chi connectivity index (χ4v) is 1.60. The van der Waals surface area contributed by atoms with Crippen LogP contribution in [0, 0.1) is 0 Å². The Balaban J connectivity index is 2.07. The minimum Gasteiger partial charge on any atom is -0.440 e. The van der Waals surface area contributed by atoms with E-state index in [1.165, 1.54) is 17.7 Å². The van der Waals surface area contributed by atoms with E-state index in [2.05, 4.69) is 12.2 Å². The maximum atomic E-state index is 11.7. The molecule has 0 aliphatic rings. The molecule has 1 N–H and O–H groups in total. The standard InChI is InChI=1S/C13H12ClNO2/c1-2-9-3-5-10(6-4-9)15-13(16)11-7-8-12(14)17-11/h3-8H,2H2,1H3,(H,15,16). The second-order valence-electron chi connectivity index (χ2n) is 3.61. The summed E-state index contributed by atoms with van der Waals surface area (Å²) in [6.07, 6.45) is 0.974. The average Bonchev–Trinajstić information content (AvgIpc) is 2.77. The normalized spacial score (nSPS) is 10.2. The van der Waals surface area contributed by atoms with Crippen LogP contribution in [0.1, 0.15) is 23.0 Å². The van der Waals surface area contributed by atoms with Gasteiger partial charge in [0.15, 0.2) is 11.0 Å². The lowest BCUT2D eigenvalue weighted by Crippen LogP contribution is -2.10. The van der Waals surface area contributed by atoms with E-state index in [1.807, 2.05) is 24.3 Å². The third kappa shape index (κ3) is 2.88. The Bertz CT molecular complexity index is 516. The first-order valence-electron chi connectivity index (χ1n) is 5.34. The van der Waals surface area contributed by atoms with Crippen LogP contribution in [0.25, 0.3) is 0 Å². The third-order valence-corrected chi connectivity index (χ3v) is 2.62. The van der Waals surface area contributed by atoms with Gasteiger partial charge in [0.05, 0.1) is 0 Å². The van der Waals surface area contributed by atoms with Crippen molar-refractivity contribution in [3.05, 3.63) is 52.9 Å². The largest absolute Gasteiger partial charge is 0.440 e. The first-order valence-corrected chi connectivity index (χ1v) is 5.72. The number of halogens is 1. The van der Waals surface area contributed by atoms with E-state index in [0.717, 1.165) is 12.1 Å². The summed E-state index contributed by atoms with van der Waals surface area (Å²) in [5.41, 5.74) is 1.96. The van der Waals surface area contributed by atoms with Crippen LogP contribution in [0.3, 0.4) is 0 Å².